The summed E-state index contributed by atoms with van der Waals surface area (Å²) in [5.74, 6) is 0.559. The zero-order valence-corrected chi connectivity index (χ0v) is 13.3. The highest BCUT2D eigenvalue weighted by Crippen LogP contribution is 2.31. The predicted octanol–water partition coefficient (Wildman–Crippen LogP) is 4.19. The molecule has 2 rings (SSSR count). The van der Waals surface area contributed by atoms with Crippen molar-refractivity contribution in [2.24, 2.45) is 11.3 Å². The molecule has 1 heterocycles. The minimum absolute atomic E-state index is 0.0417. The summed E-state index contributed by atoms with van der Waals surface area (Å²) in [6, 6.07) is 5.89. The van der Waals surface area contributed by atoms with E-state index in [0.29, 0.717) is 11.5 Å². The van der Waals surface area contributed by atoms with E-state index in [1.165, 1.54) is 24.3 Å². The monoisotopic (exact) mass is 311 g/mol. The van der Waals surface area contributed by atoms with Crippen LogP contribution in [0.2, 0.25) is 0 Å². The largest absolute Gasteiger partial charge is 0.435 e. The van der Waals surface area contributed by atoms with Crippen molar-refractivity contribution in [3.63, 3.8) is 0 Å². The van der Waals surface area contributed by atoms with E-state index in [1.807, 2.05) is 4.90 Å². The van der Waals surface area contributed by atoms with Crippen molar-refractivity contribution in [3.05, 3.63) is 29.8 Å². The van der Waals surface area contributed by atoms with E-state index < -0.39 is 6.61 Å². The third kappa shape index (κ3) is 4.68. The molecule has 1 atom stereocenters. The maximum atomic E-state index is 12.4. The molecule has 0 spiro atoms. The first-order chi connectivity index (χ1) is 10.2. The molecular formula is C17H23F2NO2. The summed E-state index contributed by atoms with van der Waals surface area (Å²) in [6.45, 7) is 5.30. The molecule has 5 heteroatoms. The van der Waals surface area contributed by atoms with Crippen LogP contribution in [0.5, 0.6) is 5.75 Å². The predicted molar refractivity (Wildman–Crippen MR) is 81.2 cm³/mol. The quantitative estimate of drug-likeness (QED) is 0.834. The van der Waals surface area contributed by atoms with Crippen LogP contribution in [-0.4, -0.2) is 30.5 Å². The van der Waals surface area contributed by atoms with Gasteiger partial charge >= 0.3 is 6.61 Å². The Bertz CT molecular complexity index is 508. The SMILES string of the molecule is CC(C)(C)CC1CCN(C(=O)c2ccc(OC(F)F)cc2)C1. The van der Waals surface area contributed by atoms with Gasteiger partial charge in [0.1, 0.15) is 5.75 Å². The molecule has 1 aromatic rings. The zero-order valence-electron chi connectivity index (χ0n) is 13.3. The topological polar surface area (TPSA) is 29.5 Å². The van der Waals surface area contributed by atoms with Crippen LogP contribution in [0.1, 0.15) is 44.0 Å². The first-order valence-electron chi connectivity index (χ1n) is 7.59. The van der Waals surface area contributed by atoms with E-state index in [9.17, 15) is 13.6 Å². The highest BCUT2D eigenvalue weighted by molar-refractivity contribution is 5.94. The first-order valence-corrected chi connectivity index (χ1v) is 7.59. The van der Waals surface area contributed by atoms with E-state index >= 15 is 0 Å². The Balaban J connectivity index is 1.95. The molecule has 1 aliphatic rings. The number of nitrogens with zero attached hydrogens (tertiary/aromatic N) is 1. The van der Waals surface area contributed by atoms with Crippen molar-refractivity contribution < 1.29 is 18.3 Å². The van der Waals surface area contributed by atoms with E-state index in [2.05, 4.69) is 25.5 Å². The molecular weight excluding hydrogens is 288 g/mol. The second kappa shape index (κ2) is 6.63. The van der Waals surface area contributed by atoms with Gasteiger partial charge in [0, 0.05) is 18.7 Å². The highest BCUT2D eigenvalue weighted by atomic mass is 19.3. The van der Waals surface area contributed by atoms with Crippen LogP contribution in [0, 0.1) is 11.3 Å². The van der Waals surface area contributed by atoms with E-state index in [0.717, 1.165) is 25.9 Å². The Labute approximate surface area is 130 Å². The second-order valence-electron chi connectivity index (χ2n) is 7.07. The van der Waals surface area contributed by atoms with Gasteiger partial charge in [-0.3, -0.25) is 4.79 Å². The zero-order chi connectivity index (χ0) is 16.3. The number of ether oxygens (including phenoxy) is 1. The molecule has 0 N–H and O–H groups in total. The normalized spacial score (nSPS) is 18.8. The van der Waals surface area contributed by atoms with Crippen molar-refractivity contribution in [2.75, 3.05) is 13.1 Å². The highest BCUT2D eigenvalue weighted by Gasteiger charge is 2.29. The van der Waals surface area contributed by atoms with Gasteiger partial charge in [0.2, 0.25) is 0 Å². The van der Waals surface area contributed by atoms with Crippen molar-refractivity contribution in [2.45, 2.75) is 40.2 Å². The lowest BCUT2D eigenvalue weighted by molar-refractivity contribution is -0.0498. The molecule has 1 saturated heterocycles. The molecule has 0 aliphatic carbocycles. The smallest absolute Gasteiger partial charge is 0.387 e. The van der Waals surface area contributed by atoms with Crippen molar-refractivity contribution in [1.29, 1.82) is 0 Å². The minimum atomic E-state index is -2.85. The van der Waals surface area contributed by atoms with Crippen molar-refractivity contribution in [1.82, 2.24) is 4.90 Å². The molecule has 1 fully saturated rings. The van der Waals surface area contributed by atoms with E-state index in [4.69, 9.17) is 0 Å². The standard InChI is InChI=1S/C17H23F2NO2/c1-17(2,3)10-12-8-9-20(11-12)15(21)13-4-6-14(7-5-13)22-16(18)19/h4-7,12,16H,8-11H2,1-3H3. The number of halogens is 2. The Morgan fingerprint density at radius 2 is 1.95 bits per heavy atom. The summed E-state index contributed by atoms with van der Waals surface area (Å²) in [7, 11) is 0. The van der Waals surface area contributed by atoms with E-state index in [1.54, 1.807) is 0 Å². The molecule has 122 valence electrons. The molecule has 0 saturated carbocycles. The summed E-state index contributed by atoms with van der Waals surface area (Å²) in [5, 5.41) is 0. The maximum Gasteiger partial charge on any atom is 0.387 e. The first kappa shape index (κ1) is 16.7. The van der Waals surface area contributed by atoms with Gasteiger partial charge in [0.05, 0.1) is 0 Å². The summed E-state index contributed by atoms with van der Waals surface area (Å²) in [6.07, 6.45) is 2.12. The van der Waals surface area contributed by atoms with Crippen LogP contribution in [0.15, 0.2) is 24.3 Å². The average molecular weight is 311 g/mol. The number of carbonyl (C=O) groups excluding carboxylic acids is 1. The van der Waals surface area contributed by atoms with Gasteiger partial charge < -0.3 is 9.64 Å². The number of benzene rings is 1. The number of likely N-dealkylation sites (tertiary alicyclic amines) is 1. The lowest BCUT2D eigenvalue weighted by Crippen LogP contribution is -2.29. The third-order valence-electron chi connectivity index (χ3n) is 3.80. The number of rotatable bonds is 4. The molecule has 0 aromatic heterocycles. The molecule has 1 aromatic carbocycles. The molecule has 1 amide bonds. The molecule has 1 unspecified atom stereocenters. The van der Waals surface area contributed by atoms with Crippen molar-refractivity contribution in [3.8, 4) is 5.75 Å². The van der Waals surface area contributed by atoms with Gasteiger partial charge in [-0.15, -0.1) is 0 Å². The summed E-state index contributed by atoms with van der Waals surface area (Å²) in [5.41, 5.74) is 0.774. The van der Waals surface area contributed by atoms with Crippen LogP contribution in [0.25, 0.3) is 0 Å². The van der Waals surface area contributed by atoms with Gasteiger partial charge in [-0.1, -0.05) is 20.8 Å². The average Bonchev–Trinajstić information content (AvgIpc) is 2.84. The summed E-state index contributed by atoms with van der Waals surface area (Å²) < 4.78 is 28.5. The molecule has 1 aliphatic heterocycles. The number of hydrogen-bond acceptors (Lipinski definition) is 2. The molecule has 3 nitrogen and oxygen atoms in total. The molecule has 0 bridgehead atoms. The molecule has 22 heavy (non-hydrogen) atoms. The Hall–Kier alpha value is -1.65. The lowest BCUT2D eigenvalue weighted by atomic mass is 9.84. The molecule has 0 radical (unpaired) electrons. The Kier molecular flexibility index (Phi) is 5.04. The van der Waals surface area contributed by atoms with Crippen LogP contribution in [-0.2, 0) is 0 Å². The van der Waals surface area contributed by atoms with Crippen LogP contribution < -0.4 is 4.74 Å². The van der Waals surface area contributed by atoms with E-state index in [-0.39, 0.29) is 17.1 Å². The van der Waals surface area contributed by atoms with Crippen LogP contribution >= 0.6 is 0 Å². The van der Waals surface area contributed by atoms with Crippen LogP contribution in [0.4, 0.5) is 8.78 Å². The Morgan fingerprint density at radius 3 is 2.50 bits per heavy atom. The fourth-order valence-electron chi connectivity index (χ4n) is 3.01. The fraction of sp³-hybridized carbons (Fsp3) is 0.588. The number of alkyl halides is 2. The van der Waals surface area contributed by atoms with Gasteiger partial charge in [0.15, 0.2) is 0 Å². The van der Waals surface area contributed by atoms with Crippen LogP contribution in [0.3, 0.4) is 0 Å². The Morgan fingerprint density at radius 1 is 1.32 bits per heavy atom. The summed E-state index contributed by atoms with van der Waals surface area (Å²) in [4.78, 5) is 14.3. The number of hydrogen-bond donors (Lipinski definition) is 0. The van der Waals surface area contributed by atoms with Gasteiger partial charge in [-0.25, -0.2) is 0 Å². The van der Waals surface area contributed by atoms with Gasteiger partial charge in [0.25, 0.3) is 5.91 Å². The number of carbonyl (C=O) groups is 1. The number of amides is 1. The van der Waals surface area contributed by atoms with Crippen molar-refractivity contribution >= 4 is 5.91 Å². The second-order valence-corrected chi connectivity index (χ2v) is 7.07. The minimum Gasteiger partial charge on any atom is -0.435 e. The fourth-order valence-corrected chi connectivity index (χ4v) is 3.01. The maximum absolute atomic E-state index is 12.4. The lowest BCUT2D eigenvalue weighted by Gasteiger charge is -2.23. The van der Waals surface area contributed by atoms with Gasteiger partial charge in [-0.2, -0.15) is 8.78 Å². The van der Waals surface area contributed by atoms with Gasteiger partial charge in [-0.05, 0) is 48.4 Å². The third-order valence-corrected chi connectivity index (χ3v) is 3.80. The summed E-state index contributed by atoms with van der Waals surface area (Å²) >= 11 is 0.